The largest absolute Gasteiger partial charge is 0.481 e. The van der Waals surface area contributed by atoms with Gasteiger partial charge in [-0.1, -0.05) is 5.21 Å². The molecule has 1 aliphatic rings. The van der Waals surface area contributed by atoms with Crippen LogP contribution < -0.4 is 0 Å². The summed E-state index contributed by atoms with van der Waals surface area (Å²) in [6.07, 6.45) is 1.60. The summed E-state index contributed by atoms with van der Waals surface area (Å²) >= 11 is 0. The van der Waals surface area contributed by atoms with E-state index in [1.807, 2.05) is 0 Å². The average Bonchev–Trinajstić information content (AvgIpc) is 2.94. The van der Waals surface area contributed by atoms with E-state index in [9.17, 15) is 13.2 Å². The molecular weight excluding hydrogens is 298 g/mol. The number of carboxylic acid groups (broad SMARTS) is 1. The van der Waals surface area contributed by atoms with Crippen molar-refractivity contribution in [2.45, 2.75) is 12.3 Å². The van der Waals surface area contributed by atoms with Crippen LogP contribution in [0, 0.1) is 5.92 Å². The number of nitrogens with zero attached hydrogens (tertiary/aromatic N) is 5. The van der Waals surface area contributed by atoms with E-state index in [2.05, 4.69) is 10.3 Å². The lowest BCUT2D eigenvalue weighted by Crippen LogP contribution is -2.38. The molecule has 1 aromatic heterocycles. The summed E-state index contributed by atoms with van der Waals surface area (Å²) in [6, 6.07) is 0. The van der Waals surface area contributed by atoms with Gasteiger partial charge in [0.2, 0.25) is 0 Å². The summed E-state index contributed by atoms with van der Waals surface area (Å²) < 4.78 is 28.4. The number of carboxylic acids is 1. The Morgan fingerprint density at radius 3 is 2.62 bits per heavy atom. The second kappa shape index (κ2) is 5.70. The fourth-order valence-corrected chi connectivity index (χ4v) is 3.74. The van der Waals surface area contributed by atoms with Crippen LogP contribution in [0.3, 0.4) is 0 Å². The van der Waals surface area contributed by atoms with Gasteiger partial charge in [-0.3, -0.25) is 9.48 Å². The number of hydrogen-bond acceptors (Lipinski definition) is 5. The highest BCUT2D eigenvalue weighted by atomic mass is 32.2. The van der Waals surface area contributed by atoms with Crippen molar-refractivity contribution in [3.63, 3.8) is 0 Å². The molecule has 1 saturated heterocycles. The normalized spacial score (nSPS) is 23.8. The first-order valence-electron chi connectivity index (χ1n) is 6.47. The Morgan fingerprint density at radius 1 is 1.48 bits per heavy atom. The third-order valence-corrected chi connectivity index (χ3v) is 5.51. The molecule has 10 heteroatoms. The molecule has 2 heterocycles. The van der Waals surface area contributed by atoms with Crippen LogP contribution in [-0.4, -0.2) is 70.3 Å². The molecule has 21 heavy (non-hydrogen) atoms. The van der Waals surface area contributed by atoms with Crippen LogP contribution in [0.5, 0.6) is 0 Å². The van der Waals surface area contributed by atoms with E-state index in [1.165, 1.54) is 23.1 Å². The maximum Gasteiger partial charge on any atom is 0.303 e. The Labute approximate surface area is 123 Å². The minimum absolute atomic E-state index is 0.0965. The quantitative estimate of drug-likeness (QED) is 0.755. The zero-order valence-electron chi connectivity index (χ0n) is 12.2. The van der Waals surface area contributed by atoms with Gasteiger partial charge in [-0.15, -0.1) is 5.10 Å². The number of aliphatic carboxylic acids is 1. The molecule has 0 radical (unpaired) electrons. The van der Waals surface area contributed by atoms with Crippen LogP contribution in [0.2, 0.25) is 0 Å². The average molecular weight is 317 g/mol. The van der Waals surface area contributed by atoms with Gasteiger partial charge in [0.15, 0.2) is 0 Å². The first kappa shape index (κ1) is 15.9. The highest BCUT2D eigenvalue weighted by Gasteiger charge is 2.42. The van der Waals surface area contributed by atoms with Crippen molar-refractivity contribution in [1.29, 1.82) is 0 Å². The topological polar surface area (TPSA) is 109 Å². The summed E-state index contributed by atoms with van der Waals surface area (Å²) in [7, 11) is 1.06. The van der Waals surface area contributed by atoms with Crippen molar-refractivity contribution in [1.82, 2.24) is 23.6 Å². The predicted octanol–water partition coefficient (Wildman–Crippen LogP) is -0.888. The van der Waals surface area contributed by atoms with Crippen molar-refractivity contribution in [3.8, 4) is 0 Å². The first-order valence-corrected chi connectivity index (χ1v) is 7.87. The van der Waals surface area contributed by atoms with E-state index in [0.717, 1.165) is 4.31 Å². The molecule has 1 aromatic rings. The SMILES string of the molecule is CN(C)S(=O)(=O)N1C[C@H](CC(=O)O)[C@H](c2cn(C)nn2)C1. The molecule has 0 saturated carbocycles. The molecule has 9 nitrogen and oxygen atoms in total. The van der Waals surface area contributed by atoms with Crippen LogP contribution >= 0.6 is 0 Å². The summed E-state index contributed by atoms with van der Waals surface area (Å²) in [5, 5.41) is 16.9. The molecule has 0 amide bonds. The van der Waals surface area contributed by atoms with Gasteiger partial charge in [0, 0.05) is 46.3 Å². The standard InChI is InChI=1S/C11H19N5O4S/c1-14(2)21(19,20)16-5-8(4-11(17)18)9(6-16)10-7-15(3)13-12-10/h7-9H,4-6H2,1-3H3,(H,17,18)/t8-,9+/m0/s1. The Kier molecular flexibility index (Phi) is 4.30. The molecule has 0 spiro atoms. The van der Waals surface area contributed by atoms with E-state index in [4.69, 9.17) is 5.11 Å². The summed E-state index contributed by atoms with van der Waals surface area (Å²) in [5.41, 5.74) is 0.625. The first-order chi connectivity index (χ1) is 9.71. The fourth-order valence-electron chi connectivity index (χ4n) is 2.55. The summed E-state index contributed by atoms with van der Waals surface area (Å²) in [5.74, 6) is -1.52. The lowest BCUT2D eigenvalue weighted by molar-refractivity contribution is -0.138. The number of aromatic nitrogens is 3. The molecule has 1 N–H and O–H groups in total. The van der Waals surface area contributed by atoms with E-state index >= 15 is 0 Å². The lowest BCUT2D eigenvalue weighted by Gasteiger charge is -2.20. The van der Waals surface area contributed by atoms with Gasteiger partial charge in [0.05, 0.1) is 12.1 Å². The summed E-state index contributed by atoms with van der Waals surface area (Å²) in [6.45, 7) is 0.394. The molecule has 2 atom stereocenters. The van der Waals surface area contributed by atoms with E-state index in [1.54, 1.807) is 13.2 Å². The molecule has 1 fully saturated rings. The molecule has 1 aliphatic heterocycles. The van der Waals surface area contributed by atoms with Crippen LogP contribution in [0.25, 0.3) is 0 Å². The van der Waals surface area contributed by atoms with Gasteiger partial charge in [0.1, 0.15) is 0 Å². The van der Waals surface area contributed by atoms with Gasteiger partial charge in [-0.25, -0.2) is 0 Å². The van der Waals surface area contributed by atoms with E-state index in [0.29, 0.717) is 5.69 Å². The maximum atomic E-state index is 12.2. The highest BCUT2D eigenvalue weighted by molar-refractivity contribution is 7.86. The molecule has 0 unspecified atom stereocenters. The third-order valence-electron chi connectivity index (χ3n) is 3.63. The minimum Gasteiger partial charge on any atom is -0.481 e. The van der Waals surface area contributed by atoms with E-state index < -0.39 is 16.2 Å². The molecule has 118 valence electrons. The number of aryl methyl sites for hydroxylation is 1. The van der Waals surface area contributed by atoms with Gasteiger partial charge in [-0.2, -0.15) is 17.0 Å². The zero-order valence-corrected chi connectivity index (χ0v) is 13.0. The second-order valence-corrected chi connectivity index (χ2v) is 7.53. The Balaban J connectivity index is 2.28. The molecule has 0 bridgehead atoms. The third kappa shape index (κ3) is 3.22. The molecule has 0 aliphatic carbocycles. The van der Waals surface area contributed by atoms with Crippen LogP contribution in [0.15, 0.2) is 6.20 Å². The van der Waals surface area contributed by atoms with Crippen molar-refractivity contribution in [2.75, 3.05) is 27.2 Å². The van der Waals surface area contributed by atoms with Crippen molar-refractivity contribution in [2.24, 2.45) is 13.0 Å². The molecule has 0 aromatic carbocycles. The van der Waals surface area contributed by atoms with Gasteiger partial charge in [-0.05, 0) is 5.92 Å². The van der Waals surface area contributed by atoms with Crippen molar-refractivity contribution >= 4 is 16.2 Å². The monoisotopic (exact) mass is 317 g/mol. The van der Waals surface area contributed by atoms with Crippen molar-refractivity contribution in [3.05, 3.63) is 11.9 Å². The highest BCUT2D eigenvalue weighted by Crippen LogP contribution is 2.35. The molecular formula is C11H19N5O4S. The second-order valence-electron chi connectivity index (χ2n) is 5.39. The number of rotatable bonds is 5. The predicted molar refractivity (Wildman–Crippen MR) is 73.7 cm³/mol. The number of hydrogen-bond donors (Lipinski definition) is 1. The zero-order chi connectivity index (χ0) is 15.8. The van der Waals surface area contributed by atoms with Gasteiger partial charge in [0.25, 0.3) is 10.2 Å². The van der Waals surface area contributed by atoms with Gasteiger partial charge >= 0.3 is 5.97 Å². The lowest BCUT2D eigenvalue weighted by atomic mass is 9.91. The Morgan fingerprint density at radius 2 is 2.14 bits per heavy atom. The Bertz CT molecular complexity index is 626. The Hall–Kier alpha value is -1.52. The minimum atomic E-state index is -3.56. The van der Waals surface area contributed by atoms with Crippen LogP contribution in [0.1, 0.15) is 18.0 Å². The van der Waals surface area contributed by atoms with Gasteiger partial charge < -0.3 is 5.11 Å². The van der Waals surface area contributed by atoms with E-state index in [-0.39, 0.29) is 31.3 Å². The smallest absolute Gasteiger partial charge is 0.303 e. The van der Waals surface area contributed by atoms with Crippen LogP contribution in [-0.2, 0) is 22.1 Å². The maximum absolute atomic E-state index is 12.2. The molecule has 2 rings (SSSR count). The number of carbonyl (C=O) groups is 1. The van der Waals surface area contributed by atoms with Crippen molar-refractivity contribution < 1.29 is 18.3 Å². The summed E-state index contributed by atoms with van der Waals surface area (Å²) in [4.78, 5) is 11.0. The fraction of sp³-hybridized carbons (Fsp3) is 0.727. The van der Waals surface area contributed by atoms with Crippen LogP contribution in [0.4, 0.5) is 0 Å².